The summed E-state index contributed by atoms with van der Waals surface area (Å²) in [7, 11) is 0. The topological polar surface area (TPSA) is 54.5 Å². The molecule has 0 spiro atoms. The lowest BCUT2D eigenvalue weighted by molar-refractivity contribution is -0.141. The van der Waals surface area contributed by atoms with Gasteiger partial charge in [0.15, 0.2) is 0 Å². The summed E-state index contributed by atoms with van der Waals surface area (Å²) in [6.07, 6.45) is -1.81. The minimum atomic E-state index is -4.51. The summed E-state index contributed by atoms with van der Waals surface area (Å²) >= 11 is 0. The summed E-state index contributed by atoms with van der Waals surface area (Å²) in [5.41, 5.74) is -1.01. The largest absolute Gasteiger partial charge is 0.433 e. The van der Waals surface area contributed by atoms with Crippen molar-refractivity contribution in [2.45, 2.75) is 6.18 Å². The van der Waals surface area contributed by atoms with Crippen molar-refractivity contribution in [3.05, 3.63) is 42.1 Å². The standard InChI is InChI=1S/C10H5F3N4/c11-10(12,13)7-2-1-3-8(16-7)17-5-4-15-9(17)6-14/h1-5H. The van der Waals surface area contributed by atoms with Crippen LogP contribution in [0.15, 0.2) is 30.6 Å². The summed E-state index contributed by atoms with van der Waals surface area (Å²) in [4.78, 5) is 7.13. The quantitative estimate of drug-likeness (QED) is 0.764. The predicted molar refractivity (Wildman–Crippen MR) is 51.1 cm³/mol. The van der Waals surface area contributed by atoms with Gasteiger partial charge in [0.25, 0.3) is 0 Å². The minimum Gasteiger partial charge on any atom is -0.275 e. The molecule has 7 heteroatoms. The minimum absolute atomic E-state index is 0.00822. The van der Waals surface area contributed by atoms with Gasteiger partial charge in [0.1, 0.15) is 17.6 Å². The van der Waals surface area contributed by atoms with E-state index in [2.05, 4.69) is 9.97 Å². The van der Waals surface area contributed by atoms with Crippen molar-refractivity contribution in [2.24, 2.45) is 0 Å². The van der Waals surface area contributed by atoms with Gasteiger partial charge in [-0.3, -0.25) is 4.57 Å². The fourth-order valence-electron chi connectivity index (χ4n) is 1.29. The van der Waals surface area contributed by atoms with E-state index in [0.717, 1.165) is 6.07 Å². The molecule has 17 heavy (non-hydrogen) atoms. The van der Waals surface area contributed by atoms with Gasteiger partial charge in [0, 0.05) is 12.4 Å². The second-order valence-corrected chi connectivity index (χ2v) is 3.11. The Labute approximate surface area is 94.0 Å². The van der Waals surface area contributed by atoms with Gasteiger partial charge in [-0.15, -0.1) is 0 Å². The Hall–Kier alpha value is -2.36. The van der Waals surface area contributed by atoms with Crippen molar-refractivity contribution in [2.75, 3.05) is 0 Å². The maximum Gasteiger partial charge on any atom is 0.433 e. The van der Waals surface area contributed by atoms with Crippen LogP contribution in [0, 0.1) is 11.3 Å². The van der Waals surface area contributed by atoms with E-state index in [9.17, 15) is 13.2 Å². The van der Waals surface area contributed by atoms with E-state index in [1.54, 1.807) is 6.07 Å². The van der Waals surface area contributed by atoms with Gasteiger partial charge < -0.3 is 0 Å². The third-order valence-corrected chi connectivity index (χ3v) is 2.01. The van der Waals surface area contributed by atoms with Gasteiger partial charge in [-0.1, -0.05) is 6.07 Å². The number of nitriles is 1. The zero-order valence-electron chi connectivity index (χ0n) is 8.31. The maximum absolute atomic E-state index is 12.4. The lowest BCUT2D eigenvalue weighted by Gasteiger charge is -2.08. The number of halogens is 3. The molecule has 0 aliphatic rings. The second-order valence-electron chi connectivity index (χ2n) is 3.11. The number of hydrogen-bond donors (Lipinski definition) is 0. The van der Waals surface area contributed by atoms with Crippen molar-refractivity contribution >= 4 is 0 Å². The summed E-state index contributed by atoms with van der Waals surface area (Å²) in [5.74, 6) is -0.00861. The molecule has 0 radical (unpaired) electrons. The molecule has 0 saturated carbocycles. The molecule has 0 aliphatic heterocycles. The highest BCUT2D eigenvalue weighted by Crippen LogP contribution is 2.27. The van der Waals surface area contributed by atoms with Crippen LogP contribution in [0.1, 0.15) is 11.5 Å². The number of aromatic nitrogens is 3. The monoisotopic (exact) mass is 238 g/mol. The highest BCUT2D eigenvalue weighted by atomic mass is 19.4. The Balaban J connectivity index is 2.52. The fraction of sp³-hybridized carbons (Fsp3) is 0.100. The molecule has 2 rings (SSSR count). The van der Waals surface area contributed by atoms with Crippen LogP contribution in [0.4, 0.5) is 13.2 Å². The summed E-state index contributed by atoms with van der Waals surface area (Å²) in [5, 5.41) is 8.71. The molecule has 0 N–H and O–H groups in total. The molecular formula is C10H5F3N4. The van der Waals surface area contributed by atoms with Crippen molar-refractivity contribution < 1.29 is 13.2 Å². The van der Waals surface area contributed by atoms with Crippen LogP contribution in [0.3, 0.4) is 0 Å². The Morgan fingerprint density at radius 2 is 2.06 bits per heavy atom. The Bertz CT molecular complexity index is 580. The molecule has 0 amide bonds. The third kappa shape index (κ3) is 2.10. The lowest BCUT2D eigenvalue weighted by Crippen LogP contribution is -2.10. The molecule has 86 valence electrons. The van der Waals surface area contributed by atoms with Gasteiger partial charge in [-0.2, -0.15) is 18.4 Å². The molecule has 2 aromatic rings. The first-order valence-corrected chi connectivity index (χ1v) is 4.50. The zero-order chi connectivity index (χ0) is 12.5. The molecule has 0 aromatic carbocycles. The SMILES string of the molecule is N#Cc1nccn1-c1cccc(C(F)(F)F)n1. The molecule has 2 heterocycles. The van der Waals surface area contributed by atoms with Crippen LogP contribution < -0.4 is 0 Å². The van der Waals surface area contributed by atoms with Gasteiger partial charge in [-0.25, -0.2) is 9.97 Å². The predicted octanol–water partition coefficient (Wildman–Crippen LogP) is 2.16. The van der Waals surface area contributed by atoms with Crippen molar-refractivity contribution in [1.29, 1.82) is 5.26 Å². The van der Waals surface area contributed by atoms with Gasteiger partial charge in [0.05, 0.1) is 0 Å². The van der Waals surface area contributed by atoms with Crippen molar-refractivity contribution in [3.63, 3.8) is 0 Å². The van der Waals surface area contributed by atoms with Crippen LogP contribution >= 0.6 is 0 Å². The Morgan fingerprint density at radius 1 is 1.29 bits per heavy atom. The summed E-state index contributed by atoms with van der Waals surface area (Å²) < 4.78 is 38.5. The van der Waals surface area contributed by atoms with Crippen LogP contribution in [-0.4, -0.2) is 14.5 Å². The summed E-state index contributed by atoms with van der Waals surface area (Å²) in [6, 6.07) is 5.23. The number of hydrogen-bond acceptors (Lipinski definition) is 3. The van der Waals surface area contributed by atoms with Gasteiger partial charge in [-0.05, 0) is 12.1 Å². The molecule has 0 aliphatic carbocycles. The van der Waals surface area contributed by atoms with Gasteiger partial charge in [0.2, 0.25) is 5.82 Å². The first-order chi connectivity index (χ1) is 8.02. The van der Waals surface area contributed by atoms with Crippen LogP contribution in [0.5, 0.6) is 0 Å². The van der Waals surface area contributed by atoms with Crippen LogP contribution in [0.25, 0.3) is 5.82 Å². The molecule has 4 nitrogen and oxygen atoms in total. The Morgan fingerprint density at radius 3 is 2.71 bits per heavy atom. The first-order valence-electron chi connectivity index (χ1n) is 4.50. The molecule has 0 unspecified atom stereocenters. The molecule has 0 atom stereocenters. The molecule has 0 saturated heterocycles. The van der Waals surface area contributed by atoms with E-state index in [-0.39, 0.29) is 11.6 Å². The highest BCUT2D eigenvalue weighted by Gasteiger charge is 2.32. The maximum atomic E-state index is 12.4. The van der Waals surface area contributed by atoms with E-state index in [0.29, 0.717) is 0 Å². The average Bonchev–Trinajstić information content (AvgIpc) is 2.76. The average molecular weight is 238 g/mol. The third-order valence-electron chi connectivity index (χ3n) is 2.01. The smallest absolute Gasteiger partial charge is 0.275 e. The zero-order valence-corrected chi connectivity index (χ0v) is 8.31. The van der Waals surface area contributed by atoms with Crippen molar-refractivity contribution in [1.82, 2.24) is 14.5 Å². The van der Waals surface area contributed by atoms with E-state index in [4.69, 9.17) is 5.26 Å². The highest BCUT2D eigenvalue weighted by molar-refractivity contribution is 5.30. The van der Waals surface area contributed by atoms with Crippen LogP contribution in [-0.2, 0) is 6.18 Å². The number of pyridine rings is 1. The second kappa shape index (κ2) is 3.90. The van der Waals surface area contributed by atoms with E-state index in [1.165, 1.54) is 29.1 Å². The molecule has 2 aromatic heterocycles. The van der Waals surface area contributed by atoms with E-state index < -0.39 is 11.9 Å². The van der Waals surface area contributed by atoms with Crippen molar-refractivity contribution in [3.8, 4) is 11.9 Å². The Kier molecular flexibility index (Phi) is 2.55. The number of alkyl halides is 3. The molecule has 0 bridgehead atoms. The van der Waals surface area contributed by atoms with E-state index in [1.807, 2.05) is 0 Å². The number of imidazole rings is 1. The fourth-order valence-corrected chi connectivity index (χ4v) is 1.29. The molecular weight excluding hydrogens is 233 g/mol. The first kappa shape index (κ1) is 11.1. The molecule has 0 fully saturated rings. The summed E-state index contributed by atoms with van der Waals surface area (Å²) in [6.45, 7) is 0. The number of nitrogens with zero attached hydrogens (tertiary/aromatic N) is 4. The van der Waals surface area contributed by atoms with Crippen LogP contribution in [0.2, 0.25) is 0 Å². The lowest BCUT2D eigenvalue weighted by atomic mass is 10.3. The number of rotatable bonds is 1. The normalized spacial score (nSPS) is 11.2. The van der Waals surface area contributed by atoms with Gasteiger partial charge >= 0.3 is 6.18 Å². The van der Waals surface area contributed by atoms with E-state index >= 15 is 0 Å².